The zero-order valence-electron chi connectivity index (χ0n) is 10.5. The molecule has 1 aromatic rings. The summed E-state index contributed by atoms with van der Waals surface area (Å²) in [5.41, 5.74) is 0.821. The number of hydrogen-bond donors (Lipinski definition) is 0. The van der Waals surface area contributed by atoms with Crippen molar-refractivity contribution in [3.8, 4) is 5.75 Å². The molecule has 18 heavy (non-hydrogen) atoms. The first-order chi connectivity index (χ1) is 8.72. The van der Waals surface area contributed by atoms with Crippen molar-refractivity contribution in [1.29, 1.82) is 0 Å². The van der Waals surface area contributed by atoms with E-state index in [0.29, 0.717) is 23.5 Å². The first-order valence-corrected chi connectivity index (χ1v) is 7.39. The van der Waals surface area contributed by atoms with Gasteiger partial charge in [-0.15, -0.1) is 0 Å². The average molecular weight is 309 g/mol. The van der Waals surface area contributed by atoms with E-state index < -0.39 is 0 Å². The van der Waals surface area contributed by atoms with Gasteiger partial charge in [0.05, 0.1) is 11.6 Å². The van der Waals surface area contributed by atoms with E-state index in [1.165, 1.54) is 25.7 Å². The van der Waals surface area contributed by atoms with Crippen LogP contribution in [0.5, 0.6) is 5.75 Å². The fourth-order valence-corrected chi connectivity index (χ4v) is 3.93. The molecule has 0 bridgehead atoms. The standard InChI is InChI=1S/C15H17BrO2/c1-18-13-7-6-9(8-12(13)16)15(17)14-10-4-2-3-5-11(10)14/h6-8,10-11,14H,2-5H2,1H3. The van der Waals surface area contributed by atoms with Crippen molar-refractivity contribution in [3.05, 3.63) is 28.2 Å². The number of halogens is 1. The lowest BCUT2D eigenvalue weighted by molar-refractivity contribution is 0.0956. The summed E-state index contributed by atoms with van der Waals surface area (Å²) in [7, 11) is 1.64. The number of ether oxygens (including phenoxy) is 1. The smallest absolute Gasteiger partial charge is 0.166 e. The van der Waals surface area contributed by atoms with Crippen LogP contribution in [0.2, 0.25) is 0 Å². The topological polar surface area (TPSA) is 26.3 Å². The third-order valence-electron chi connectivity index (χ3n) is 4.40. The Morgan fingerprint density at radius 2 is 1.94 bits per heavy atom. The van der Waals surface area contributed by atoms with Crippen LogP contribution >= 0.6 is 15.9 Å². The summed E-state index contributed by atoms with van der Waals surface area (Å²) in [5.74, 6) is 2.75. The highest BCUT2D eigenvalue weighted by Gasteiger charge is 2.54. The Balaban J connectivity index is 1.79. The molecule has 96 valence electrons. The fourth-order valence-electron chi connectivity index (χ4n) is 3.39. The van der Waals surface area contributed by atoms with Crippen molar-refractivity contribution in [1.82, 2.24) is 0 Å². The second-order valence-electron chi connectivity index (χ2n) is 5.35. The molecule has 2 saturated carbocycles. The van der Waals surface area contributed by atoms with Crippen LogP contribution in [0.15, 0.2) is 22.7 Å². The molecule has 0 saturated heterocycles. The molecular formula is C15H17BrO2. The molecule has 0 N–H and O–H groups in total. The Kier molecular flexibility index (Phi) is 3.18. The van der Waals surface area contributed by atoms with Gasteiger partial charge in [0.25, 0.3) is 0 Å². The summed E-state index contributed by atoms with van der Waals surface area (Å²) < 4.78 is 6.05. The molecule has 2 atom stereocenters. The van der Waals surface area contributed by atoms with Gasteiger partial charge >= 0.3 is 0 Å². The van der Waals surface area contributed by atoms with E-state index in [4.69, 9.17) is 4.74 Å². The maximum atomic E-state index is 12.5. The largest absolute Gasteiger partial charge is 0.496 e. The molecule has 2 fully saturated rings. The molecule has 0 spiro atoms. The maximum absolute atomic E-state index is 12.5. The third-order valence-corrected chi connectivity index (χ3v) is 5.02. The van der Waals surface area contributed by atoms with E-state index in [2.05, 4.69) is 15.9 Å². The minimum atomic E-state index is 0.299. The second kappa shape index (κ2) is 4.69. The fraction of sp³-hybridized carbons (Fsp3) is 0.533. The Morgan fingerprint density at radius 3 is 2.50 bits per heavy atom. The van der Waals surface area contributed by atoms with E-state index >= 15 is 0 Å². The van der Waals surface area contributed by atoms with E-state index in [0.717, 1.165) is 15.8 Å². The van der Waals surface area contributed by atoms with Crippen LogP contribution in [-0.4, -0.2) is 12.9 Å². The number of methoxy groups -OCH3 is 1. The van der Waals surface area contributed by atoms with Crippen LogP contribution < -0.4 is 4.74 Å². The lowest BCUT2D eigenvalue weighted by atomic mass is 10.0. The van der Waals surface area contributed by atoms with Crippen LogP contribution in [0.1, 0.15) is 36.0 Å². The van der Waals surface area contributed by atoms with Gasteiger partial charge in [-0.25, -0.2) is 0 Å². The number of Topliss-reactive ketones (excluding diaryl/α,β-unsaturated/α-hetero) is 1. The Bertz CT molecular complexity index is 471. The summed E-state index contributed by atoms with van der Waals surface area (Å²) in [6.07, 6.45) is 5.10. The summed E-state index contributed by atoms with van der Waals surface area (Å²) in [6, 6.07) is 5.64. The summed E-state index contributed by atoms with van der Waals surface area (Å²) in [5, 5.41) is 0. The van der Waals surface area contributed by atoms with Crippen molar-refractivity contribution < 1.29 is 9.53 Å². The first-order valence-electron chi connectivity index (χ1n) is 6.60. The summed E-state index contributed by atoms with van der Waals surface area (Å²) in [4.78, 5) is 12.5. The van der Waals surface area contributed by atoms with Crippen molar-refractivity contribution in [2.75, 3.05) is 7.11 Å². The summed E-state index contributed by atoms with van der Waals surface area (Å²) in [6.45, 7) is 0. The lowest BCUT2D eigenvalue weighted by Gasteiger charge is -2.05. The molecule has 0 radical (unpaired) electrons. The van der Waals surface area contributed by atoms with E-state index in [-0.39, 0.29) is 0 Å². The number of carbonyl (C=O) groups is 1. The van der Waals surface area contributed by atoms with Gasteiger partial charge in [0.15, 0.2) is 5.78 Å². The monoisotopic (exact) mass is 308 g/mol. The average Bonchev–Trinajstić information content (AvgIpc) is 3.12. The van der Waals surface area contributed by atoms with Crippen molar-refractivity contribution >= 4 is 21.7 Å². The molecule has 3 heteroatoms. The summed E-state index contributed by atoms with van der Waals surface area (Å²) >= 11 is 3.44. The number of carbonyl (C=O) groups excluding carboxylic acids is 1. The zero-order chi connectivity index (χ0) is 12.7. The van der Waals surface area contributed by atoms with E-state index in [9.17, 15) is 4.79 Å². The molecule has 2 nitrogen and oxygen atoms in total. The van der Waals surface area contributed by atoms with Crippen molar-refractivity contribution in [2.45, 2.75) is 25.7 Å². The SMILES string of the molecule is COc1ccc(C(=O)C2C3CCCCC32)cc1Br. The molecule has 0 aliphatic heterocycles. The van der Waals surface area contributed by atoms with Gasteiger partial charge in [-0.1, -0.05) is 12.8 Å². The van der Waals surface area contributed by atoms with Crippen LogP contribution in [0.4, 0.5) is 0 Å². The lowest BCUT2D eigenvalue weighted by Crippen LogP contribution is -2.04. The Labute approximate surface area is 116 Å². The highest BCUT2D eigenvalue weighted by molar-refractivity contribution is 9.10. The van der Waals surface area contributed by atoms with Gasteiger partial charge in [-0.3, -0.25) is 4.79 Å². The molecule has 0 amide bonds. The minimum Gasteiger partial charge on any atom is -0.496 e. The third kappa shape index (κ3) is 1.99. The van der Waals surface area contributed by atoms with Gasteiger partial charge in [0, 0.05) is 11.5 Å². The van der Waals surface area contributed by atoms with Gasteiger partial charge in [0.2, 0.25) is 0 Å². The Morgan fingerprint density at radius 1 is 1.28 bits per heavy atom. The molecule has 2 aliphatic carbocycles. The molecule has 0 aromatic heterocycles. The van der Waals surface area contributed by atoms with Crippen molar-refractivity contribution in [2.24, 2.45) is 17.8 Å². The van der Waals surface area contributed by atoms with Crippen LogP contribution in [0.3, 0.4) is 0 Å². The number of rotatable bonds is 3. The minimum absolute atomic E-state index is 0.299. The molecule has 1 aromatic carbocycles. The number of fused-ring (bicyclic) bond motifs is 1. The zero-order valence-corrected chi connectivity index (χ0v) is 12.1. The van der Waals surface area contributed by atoms with Crippen LogP contribution in [-0.2, 0) is 0 Å². The van der Waals surface area contributed by atoms with Gasteiger partial charge in [-0.2, -0.15) is 0 Å². The first kappa shape index (κ1) is 12.2. The predicted octanol–water partition coefficient (Wildman–Crippen LogP) is 4.08. The van der Waals surface area contributed by atoms with Crippen LogP contribution in [0.25, 0.3) is 0 Å². The molecule has 2 unspecified atom stereocenters. The number of benzene rings is 1. The van der Waals surface area contributed by atoms with Gasteiger partial charge < -0.3 is 4.74 Å². The normalized spacial score (nSPS) is 29.6. The number of ketones is 1. The highest BCUT2D eigenvalue weighted by atomic mass is 79.9. The Hall–Kier alpha value is -0.830. The number of hydrogen-bond acceptors (Lipinski definition) is 2. The molecule has 2 aliphatic rings. The molecule has 0 heterocycles. The van der Waals surface area contributed by atoms with E-state index in [1.807, 2.05) is 18.2 Å². The highest BCUT2D eigenvalue weighted by Crippen LogP contribution is 2.56. The second-order valence-corrected chi connectivity index (χ2v) is 6.21. The van der Waals surface area contributed by atoms with Crippen LogP contribution in [0, 0.1) is 17.8 Å². The van der Waals surface area contributed by atoms with Crippen molar-refractivity contribution in [3.63, 3.8) is 0 Å². The van der Waals surface area contributed by atoms with Gasteiger partial charge in [-0.05, 0) is 58.8 Å². The molecule has 3 rings (SSSR count). The molecular weight excluding hydrogens is 292 g/mol. The van der Waals surface area contributed by atoms with Gasteiger partial charge in [0.1, 0.15) is 5.75 Å². The maximum Gasteiger partial charge on any atom is 0.166 e. The van der Waals surface area contributed by atoms with E-state index in [1.54, 1.807) is 7.11 Å². The quantitative estimate of drug-likeness (QED) is 0.787. The predicted molar refractivity (Wildman–Crippen MR) is 74.0 cm³/mol.